The third-order valence-electron chi connectivity index (χ3n) is 7.55. The Morgan fingerprint density at radius 1 is 1.24 bits per heavy atom. The summed E-state index contributed by atoms with van der Waals surface area (Å²) < 4.78 is 39.7. The molecule has 0 spiro atoms. The highest BCUT2D eigenvalue weighted by atomic mass is 19.4. The molecular formula is C24H29F3N4O3. The van der Waals surface area contributed by atoms with Crippen molar-refractivity contribution in [3.63, 3.8) is 0 Å². The first kappa shape index (κ1) is 24.2. The predicted octanol–water partition coefficient (Wildman–Crippen LogP) is 3.93. The van der Waals surface area contributed by atoms with Gasteiger partial charge >= 0.3 is 12.3 Å². The number of nitrogens with zero attached hydrogens (tertiary/aromatic N) is 4. The van der Waals surface area contributed by atoms with Crippen LogP contribution in [0.2, 0.25) is 0 Å². The van der Waals surface area contributed by atoms with Crippen LogP contribution in [0.15, 0.2) is 18.2 Å². The molecule has 4 rings (SSSR count). The number of alkyl halides is 3. The summed E-state index contributed by atoms with van der Waals surface area (Å²) in [5.41, 5.74) is -1.05. The number of benzene rings is 1. The molecule has 3 atom stereocenters. The van der Waals surface area contributed by atoms with Crippen molar-refractivity contribution in [2.24, 2.45) is 11.3 Å². The van der Waals surface area contributed by atoms with E-state index in [1.54, 1.807) is 9.80 Å². The van der Waals surface area contributed by atoms with Gasteiger partial charge in [0.05, 0.1) is 11.0 Å². The molecule has 1 saturated carbocycles. The van der Waals surface area contributed by atoms with E-state index >= 15 is 0 Å². The van der Waals surface area contributed by atoms with Crippen LogP contribution in [-0.2, 0) is 23.9 Å². The number of rotatable bonds is 2. The molecule has 1 saturated heterocycles. The SMILES string of the molecule is CC(C)(C)N(C(=O)O)[C@@H]1C[C@H]2CN(C#N)C[C@@]2(C(=O)N2CCc3ccc(C(F)(F)F)cc3C2)C1. The summed E-state index contributed by atoms with van der Waals surface area (Å²) in [5.74, 6) is -0.392. The normalized spacial score (nSPS) is 26.6. The lowest BCUT2D eigenvalue weighted by atomic mass is 9.78. The first-order valence-electron chi connectivity index (χ1n) is 11.4. The highest BCUT2D eigenvalue weighted by Crippen LogP contribution is 2.52. The van der Waals surface area contributed by atoms with E-state index in [0.29, 0.717) is 37.9 Å². The lowest BCUT2D eigenvalue weighted by molar-refractivity contribution is -0.144. The van der Waals surface area contributed by atoms with Crippen molar-refractivity contribution in [1.29, 1.82) is 5.26 Å². The number of halogens is 3. The Balaban J connectivity index is 1.63. The zero-order chi connectivity index (χ0) is 25.1. The third-order valence-corrected chi connectivity index (χ3v) is 7.55. The smallest absolute Gasteiger partial charge is 0.416 e. The Kier molecular flexibility index (Phi) is 5.74. The summed E-state index contributed by atoms with van der Waals surface area (Å²) in [4.78, 5) is 30.6. The number of carbonyl (C=O) groups is 2. The highest BCUT2D eigenvalue weighted by Gasteiger charge is 2.60. The number of hydrogen-bond acceptors (Lipinski definition) is 4. The number of amides is 2. The first-order valence-corrected chi connectivity index (χ1v) is 11.4. The molecule has 2 amide bonds. The number of likely N-dealkylation sites (tertiary alicyclic amines) is 1. The minimum absolute atomic E-state index is 0.0751. The van der Waals surface area contributed by atoms with Crippen LogP contribution >= 0.6 is 0 Å². The van der Waals surface area contributed by atoms with Gasteiger partial charge in [-0.3, -0.25) is 4.79 Å². The van der Waals surface area contributed by atoms with Crippen LogP contribution in [0, 0.1) is 22.8 Å². The maximum Gasteiger partial charge on any atom is 0.416 e. The number of hydrogen-bond donors (Lipinski definition) is 1. The summed E-state index contributed by atoms with van der Waals surface area (Å²) >= 11 is 0. The molecule has 1 aromatic carbocycles. The van der Waals surface area contributed by atoms with Crippen molar-refractivity contribution in [3.05, 3.63) is 34.9 Å². The minimum Gasteiger partial charge on any atom is -0.465 e. The summed E-state index contributed by atoms with van der Waals surface area (Å²) in [7, 11) is 0. The number of nitriles is 1. The zero-order valence-electron chi connectivity index (χ0n) is 19.5. The number of fused-ring (bicyclic) bond motifs is 2. The van der Waals surface area contributed by atoms with Gasteiger partial charge in [-0.1, -0.05) is 6.07 Å². The van der Waals surface area contributed by atoms with Gasteiger partial charge in [0.25, 0.3) is 0 Å². The van der Waals surface area contributed by atoms with Gasteiger partial charge in [-0.2, -0.15) is 18.4 Å². The van der Waals surface area contributed by atoms with Gasteiger partial charge in [0, 0.05) is 37.8 Å². The second-order valence-corrected chi connectivity index (χ2v) is 10.7. The molecule has 1 N–H and O–H groups in total. The molecular weight excluding hydrogens is 449 g/mol. The van der Waals surface area contributed by atoms with E-state index in [1.807, 2.05) is 20.8 Å². The van der Waals surface area contributed by atoms with E-state index in [4.69, 9.17) is 0 Å². The molecule has 2 heterocycles. The molecule has 2 aliphatic heterocycles. The fourth-order valence-corrected chi connectivity index (χ4v) is 6.15. The highest BCUT2D eigenvalue weighted by molar-refractivity contribution is 5.85. The lowest BCUT2D eigenvalue weighted by Gasteiger charge is -2.40. The molecule has 0 aromatic heterocycles. The van der Waals surface area contributed by atoms with Crippen molar-refractivity contribution in [2.75, 3.05) is 19.6 Å². The topological polar surface area (TPSA) is 87.9 Å². The van der Waals surface area contributed by atoms with Gasteiger partial charge in [0.2, 0.25) is 5.91 Å². The van der Waals surface area contributed by atoms with E-state index < -0.39 is 28.8 Å². The van der Waals surface area contributed by atoms with E-state index in [0.717, 1.165) is 17.7 Å². The summed E-state index contributed by atoms with van der Waals surface area (Å²) in [6, 6.07) is 3.29. The monoisotopic (exact) mass is 478 g/mol. The Bertz CT molecular complexity index is 1050. The Hall–Kier alpha value is -2.96. The molecule has 10 heteroatoms. The predicted molar refractivity (Wildman–Crippen MR) is 116 cm³/mol. The Morgan fingerprint density at radius 3 is 2.53 bits per heavy atom. The molecule has 34 heavy (non-hydrogen) atoms. The van der Waals surface area contributed by atoms with Crippen LogP contribution < -0.4 is 0 Å². The second kappa shape index (κ2) is 8.07. The van der Waals surface area contributed by atoms with Crippen LogP contribution in [0.25, 0.3) is 0 Å². The van der Waals surface area contributed by atoms with Gasteiger partial charge in [0.1, 0.15) is 0 Å². The number of carboxylic acid groups (broad SMARTS) is 1. The summed E-state index contributed by atoms with van der Waals surface area (Å²) in [6.07, 6.45) is -2.18. The van der Waals surface area contributed by atoms with Crippen molar-refractivity contribution < 1.29 is 27.9 Å². The van der Waals surface area contributed by atoms with Gasteiger partial charge < -0.3 is 19.8 Å². The van der Waals surface area contributed by atoms with E-state index in [1.165, 1.54) is 11.0 Å². The van der Waals surface area contributed by atoms with Crippen molar-refractivity contribution in [2.45, 2.75) is 64.3 Å². The Labute approximate surface area is 196 Å². The average Bonchev–Trinajstić information content (AvgIpc) is 3.25. The van der Waals surface area contributed by atoms with E-state index in [2.05, 4.69) is 6.19 Å². The molecule has 1 aliphatic carbocycles. The molecule has 0 radical (unpaired) electrons. The minimum atomic E-state index is -4.46. The fraction of sp³-hybridized carbons (Fsp3) is 0.625. The van der Waals surface area contributed by atoms with Crippen LogP contribution in [0.1, 0.15) is 50.3 Å². The van der Waals surface area contributed by atoms with Crippen molar-refractivity contribution in [1.82, 2.24) is 14.7 Å². The summed E-state index contributed by atoms with van der Waals surface area (Å²) in [6.45, 7) is 6.46. The first-order chi connectivity index (χ1) is 15.8. The molecule has 0 unspecified atom stereocenters. The van der Waals surface area contributed by atoms with Crippen LogP contribution in [0.3, 0.4) is 0 Å². The molecule has 7 nitrogen and oxygen atoms in total. The van der Waals surface area contributed by atoms with Crippen molar-refractivity contribution >= 4 is 12.0 Å². The number of carbonyl (C=O) groups excluding carboxylic acids is 1. The summed E-state index contributed by atoms with van der Waals surface area (Å²) in [5, 5.41) is 19.4. The van der Waals surface area contributed by atoms with Gasteiger partial charge in [-0.05, 0) is 69.2 Å². The van der Waals surface area contributed by atoms with Crippen molar-refractivity contribution in [3.8, 4) is 6.19 Å². The van der Waals surface area contributed by atoms with Crippen LogP contribution in [-0.4, -0.2) is 63.0 Å². The second-order valence-electron chi connectivity index (χ2n) is 10.7. The maximum atomic E-state index is 13.9. The Morgan fingerprint density at radius 2 is 1.94 bits per heavy atom. The zero-order valence-corrected chi connectivity index (χ0v) is 19.5. The maximum absolute atomic E-state index is 13.9. The third kappa shape index (κ3) is 4.05. The quantitative estimate of drug-likeness (QED) is 0.651. The van der Waals surface area contributed by atoms with Gasteiger partial charge in [-0.25, -0.2) is 4.79 Å². The van der Waals surface area contributed by atoms with Crippen LogP contribution in [0.4, 0.5) is 18.0 Å². The molecule has 3 aliphatic rings. The van der Waals surface area contributed by atoms with E-state index in [9.17, 15) is 33.1 Å². The lowest BCUT2D eigenvalue weighted by Crippen LogP contribution is -2.52. The van der Waals surface area contributed by atoms with Gasteiger partial charge in [0.15, 0.2) is 6.19 Å². The fourth-order valence-electron chi connectivity index (χ4n) is 6.15. The largest absolute Gasteiger partial charge is 0.465 e. The molecule has 184 valence electrons. The van der Waals surface area contributed by atoms with E-state index in [-0.39, 0.29) is 31.0 Å². The molecule has 1 aromatic rings. The molecule has 0 bridgehead atoms. The molecule has 2 fully saturated rings. The average molecular weight is 479 g/mol. The standard InChI is InChI=1S/C24H29F3N4O3/c1-22(2,3)31(21(33)34)19-9-18-12-29(14-28)13-23(18,10-19)20(32)30-7-6-15-4-5-17(24(25,26)27)8-16(15)11-30/h4-5,8,18-19H,6-7,9-13H2,1-3H3,(H,33,34)/t18-,19+,23-/m0/s1. The van der Waals surface area contributed by atoms with Gasteiger partial charge in [-0.15, -0.1) is 0 Å². The van der Waals surface area contributed by atoms with Crippen LogP contribution in [0.5, 0.6) is 0 Å².